The van der Waals surface area contributed by atoms with E-state index in [4.69, 9.17) is 34.9 Å². The lowest BCUT2D eigenvalue weighted by Crippen LogP contribution is -2.02. The van der Waals surface area contributed by atoms with E-state index in [1.165, 1.54) is 0 Å². The van der Waals surface area contributed by atoms with Crippen molar-refractivity contribution in [2.45, 2.75) is 0 Å². The largest absolute Gasteiger partial charge is 0.228 e. The smallest absolute Gasteiger partial charge is 0.164 e. The molecule has 3 heterocycles. The third kappa shape index (κ3) is 8.16. The maximum Gasteiger partial charge on any atom is 0.164 e. The molecule has 0 saturated heterocycles. The quantitative estimate of drug-likeness (QED) is 0.143. The van der Waals surface area contributed by atoms with Crippen molar-refractivity contribution >= 4 is 21.5 Å². The molecule has 12 rings (SSSR count). The standard InChI is InChI=1S/C61H39N7/c1-5-19-42(20-6-1)53-38-55(64-57(62-53)44-23-9-3-10-24-44)50-35-51(56-39-54(43-21-7-2-8-22-43)63-58(65-56)45-25-11-4-12-26-45)37-52(36-50)61-67-59(48-31-29-40-17-13-15-27-46(40)33-48)66-60(68-61)49-32-30-41-18-14-16-28-47(41)34-49/h1-39H. The summed E-state index contributed by atoms with van der Waals surface area (Å²) in [6, 6.07) is 80.6. The van der Waals surface area contributed by atoms with Crippen LogP contribution in [0.5, 0.6) is 0 Å². The molecular weight excluding hydrogens is 831 g/mol. The number of aromatic nitrogens is 7. The minimum atomic E-state index is 0.510. The Morgan fingerprint density at radius 1 is 0.162 bits per heavy atom. The van der Waals surface area contributed by atoms with Crippen LogP contribution in [-0.2, 0) is 0 Å². The zero-order valence-corrected chi connectivity index (χ0v) is 36.6. The van der Waals surface area contributed by atoms with Crippen molar-refractivity contribution in [2.75, 3.05) is 0 Å². The maximum absolute atomic E-state index is 5.31. The predicted molar refractivity (Wildman–Crippen MR) is 275 cm³/mol. The highest BCUT2D eigenvalue weighted by molar-refractivity contribution is 5.89. The van der Waals surface area contributed by atoms with Crippen molar-refractivity contribution in [2.24, 2.45) is 0 Å². The second-order valence-electron chi connectivity index (χ2n) is 16.6. The fourth-order valence-corrected chi connectivity index (χ4v) is 8.61. The van der Waals surface area contributed by atoms with Gasteiger partial charge in [0.05, 0.1) is 22.8 Å². The monoisotopic (exact) mass is 869 g/mol. The summed E-state index contributed by atoms with van der Waals surface area (Å²) in [7, 11) is 0. The first-order chi connectivity index (χ1) is 33.6. The highest BCUT2D eigenvalue weighted by Crippen LogP contribution is 2.37. The van der Waals surface area contributed by atoms with Crippen LogP contribution < -0.4 is 0 Å². The summed E-state index contributed by atoms with van der Waals surface area (Å²) in [6.45, 7) is 0. The number of rotatable bonds is 9. The Bertz CT molecular complexity index is 3430. The molecule has 7 nitrogen and oxygen atoms in total. The van der Waals surface area contributed by atoms with Crippen LogP contribution in [0.3, 0.4) is 0 Å². The van der Waals surface area contributed by atoms with Crippen molar-refractivity contribution in [1.82, 2.24) is 34.9 Å². The predicted octanol–water partition coefficient (Wildman–Crippen LogP) is 14.8. The normalized spacial score (nSPS) is 11.2. The van der Waals surface area contributed by atoms with Crippen molar-refractivity contribution < 1.29 is 0 Å². The summed E-state index contributed by atoms with van der Waals surface area (Å²) < 4.78 is 0. The van der Waals surface area contributed by atoms with Gasteiger partial charge in [0.2, 0.25) is 0 Å². The third-order valence-corrected chi connectivity index (χ3v) is 12.1. The van der Waals surface area contributed by atoms with E-state index in [0.717, 1.165) is 94.4 Å². The van der Waals surface area contributed by atoms with Gasteiger partial charge in [0, 0.05) is 50.1 Å². The minimum Gasteiger partial charge on any atom is -0.228 e. The van der Waals surface area contributed by atoms with Gasteiger partial charge in [-0.15, -0.1) is 0 Å². The number of hydrogen-bond donors (Lipinski definition) is 0. The molecule has 0 spiro atoms. The average Bonchev–Trinajstić information content (AvgIpc) is 3.43. The molecule has 0 aliphatic carbocycles. The number of nitrogens with zero attached hydrogens (tertiary/aromatic N) is 7. The van der Waals surface area contributed by atoms with Crippen LogP contribution in [0.4, 0.5) is 0 Å². The van der Waals surface area contributed by atoms with Gasteiger partial charge in [-0.3, -0.25) is 0 Å². The van der Waals surface area contributed by atoms with Crippen LogP contribution in [0.1, 0.15) is 0 Å². The second kappa shape index (κ2) is 17.6. The van der Waals surface area contributed by atoms with E-state index in [1.54, 1.807) is 0 Å². The van der Waals surface area contributed by atoms with Crippen molar-refractivity contribution in [3.05, 3.63) is 237 Å². The molecule has 0 radical (unpaired) electrons. The number of benzene rings is 9. The van der Waals surface area contributed by atoms with Crippen LogP contribution in [0.15, 0.2) is 237 Å². The molecular formula is C61H39N7. The molecule has 0 atom stereocenters. The molecule has 0 fully saturated rings. The van der Waals surface area contributed by atoms with E-state index in [1.807, 2.05) is 97.1 Å². The summed E-state index contributed by atoms with van der Waals surface area (Å²) in [5.41, 5.74) is 11.1. The Labute approximate surface area is 393 Å². The second-order valence-corrected chi connectivity index (χ2v) is 16.6. The Hall–Kier alpha value is -9.33. The van der Waals surface area contributed by atoms with Crippen molar-refractivity contribution in [1.29, 1.82) is 0 Å². The van der Waals surface area contributed by atoms with E-state index in [0.29, 0.717) is 29.1 Å². The molecule has 318 valence electrons. The van der Waals surface area contributed by atoms with Gasteiger partial charge in [-0.05, 0) is 64.0 Å². The first kappa shape index (κ1) is 40.2. The number of fused-ring (bicyclic) bond motifs is 2. The van der Waals surface area contributed by atoms with Gasteiger partial charge >= 0.3 is 0 Å². The van der Waals surface area contributed by atoms with Crippen molar-refractivity contribution in [3.63, 3.8) is 0 Å². The summed E-state index contributed by atoms with van der Waals surface area (Å²) >= 11 is 0. The van der Waals surface area contributed by atoms with Crippen LogP contribution in [0, 0.1) is 0 Å². The lowest BCUT2D eigenvalue weighted by molar-refractivity contribution is 1.07. The molecule has 0 aliphatic heterocycles. The van der Waals surface area contributed by atoms with Crippen LogP contribution in [0.2, 0.25) is 0 Å². The highest BCUT2D eigenvalue weighted by atomic mass is 15.0. The first-order valence-corrected chi connectivity index (χ1v) is 22.5. The first-order valence-electron chi connectivity index (χ1n) is 22.5. The Balaban J connectivity index is 1.12. The molecule has 7 heteroatoms. The fraction of sp³-hybridized carbons (Fsp3) is 0. The number of hydrogen-bond acceptors (Lipinski definition) is 7. The summed E-state index contributed by atoms with van der Waals surface area (Å²) in [6.07, 6.45) is 0. The van der Waals surface area contributed by atoms with Crippen LogP contribution in [0.25, 0.3) is 124 Å². The maximum atomic E-state index is 5.31. The van der Waals surface area contributed by atoms with Crippen LogP contribution >= 0.6 is 0 Å². The minimum absolute atomic E-state index is 0.510. The van der Waals surface area contributed by atoms with Gasteiger partial charge in [-0.1, -0.05) is 194 Å². The van der Waals surface area contributed by atoms with Gasteiger partial charge < -0.3 is 0 Å². The SMILES string of the molecule is c1ccc(-c2cc(-c3cc(-c4cc(-c5ccccc5)nc(-c5ccccc5)n4)cc(-c4nc(-c5ccc6ccccc6c5)nc(-c5ccc6ccccc6c5)n4)c3)nc(-c3ccccc3)n2)cc1. The summed E-state index contributed by atoms with van der Waals surface area (Å²) in [4.78, 5) is 36.6. The van der Waals surface area contributed by atoms with Gasteiger partial charge in [0.15, 0.2) is 29.1 Å². The average molecular weight is 870 g/mol. The lowest BCUT2D eigenvalue weighted by atomic mass is 9.98. The molecule has 68 heavy (non-hydrogen) atoms. The van der Waals surface area contributed by atoms with Crippen molar-refractivity contribution in [3.8, 4) is 102 Å². The topological polar surface area (TPSA) is 90.2 Å². The molecule has 9 aromatic carbocycles. The van der Waals surface area contributed by atoms with E-state index in [-0.39, 0.29) is 0 Å². The van der Waals surface area contributed by atoms with Gasteiger partial charge in [-0.2, -0.15) is 0 Å². The van der Waals surface area contributed by atoms with E-state index in [9.17, 15) is 0 Å². The molecule has 0 N–H and O–H groups in total. The third-order valence-electron chi connectivity index (χ3n) is 12.1. The van der Waals surface area contributed by atoms with E-state index >= 15 is 0 Å². The summed E-state index contributed by atoms with van der Waals surface area (Å²) in [5, 5.41) is 4.48. The molecule has 12 aromatic rings. The Morgan fingerprint density at radius 2 is 0.456 bits per heavy atom. The van der Waals surface area contributed by atoms with Gasteiger partial charge in [0.25, 0.3) is 0 Å². The Morgan fingerprint density at radius 3 is 0.853 bits per heavy atom. The summed E-state index contributed by atoms with van der Waals surface area (Å²) in [5.74, 6) is 2.87. The van der Waals surface area contributed by atoms with Crippen LogP contribution in [-0.4, -0.2) is 34.9 Å². The zero-order valence-electron chi connectivity index (χ0n) is 36.6. The van der Waals surface area contributed by atoms with E-state index in [2.05, 4.69) is 140 Å². The Kier molecular flexibility index (Phi) is 10.4. The molecule has 0 saturated carbocycles. The molecule has 0 bridgehead atoms. The molecule has 0 aliphatic rings. The van der Waals surface area contributed by atoms with Gasteiger partial charge in [0.1, 0.15) is 0 Å². The zero-order chi connectivity index (χ0) is 45.2. The fourth-order valence-electron chi connectivity index (χ4n) is 8.61. The van der Waals surface area contributed by atoms with Gasteiger partial charge in [-0.25, -0.2) is 34.9 Å². The molecule has 0 amide bonds. The highest BCUT2D eigenvalue weighted by Gasteiger charge is 2.19. The molecule has 0 unspecified atom stereocenters. The molecule has 3 aromatic heterocycles. The lowest BCUT2D eigenvalue weighted by Gasteiger charge is -2.14. The van der Waals surface area contributed by atoms with E-state index < -0.39 is 0 Å².